The zero-order valence-electron chi connectivity index (χ0n) is 9.85. The summed E-state index contributed by atoms with van der Waals surface area (Å²) in [7, 11) is 0. The first kappa shape index (κ1) is 12.2. The molecule has 0 saturated heterocycles. The molecule has 0 radical (unpaired) electrons. The maximum atomic E-state index is 13.7. The van der Waals surface area contributed by atoms with E-state index >= 15 is 0 Å². The van der Waals surface area contributed by atoms with Crippen LogP contribution in [0.3, 0.4) is 0 Å². The minimum absolute atomic E-state index is 0.218. The Morgan fingerprint density at radius 3 is 2.72 bits per heavy atom. The van der Waals surface area contributed by atoms with Crippen molar-refractivity contribution >= 4 is 5.97 Å². The van der Waals surface area contributed by atoms with Crippen molar-refractivity contribution in [1.82, 2.24) is 4.98 Å². The van der Waals surface area contributed by atoms with E-state index in [-0.39, 0.29) is 12.2 Å². The molecule has 92 valence electrons. The van der Waals surface area contributed by atoms with Gasteiger partial charge in [-0.3, -0.25) is 9.78 Å². The number of pyridine rings is 1. The zero-order valence-corrected chi connectivity index (χ0v) is 9.85. The molecule has 0 atom stereocenters. The monoisotopic (exact) mass is 245 g/mol. The molecule has 2 aromatic rings. The Morgan fingerprint density at radius 2 is 2.06 bits per heavy atom. The molecule has 1 aromatic heterocycles. The van der Waals surface area contributed by atoms with E-state index in [1.54, 1.807) is 30.5 Å². The summed E-state index contributed by atoms with van der Waals surface area (Å²) in [6.45, 7) is 1.84. The van der Waals surface area contributed by atoms with E-state index in [1.165, 1.54) is 6.07 Å². The van der Waals surface area contributed by atoms with Crippen LogP contribution in [0, 0.1) is 12.7 Å². The highest BCUT2D eigenvalue weighted by molar-refractivity contribution is 5.75. The number of halogens is 1. The van der Waals surface area contributed by atoms with Crippen molar-refractivity contribution in [2.75, 3.05) is 0 Å². The molecule has 18 heavy (non-hydrogen) atoms. The van der Waals surface area contributed by atoms with Gasteiger partial charge in [0.15, 0.2) is 0 Å². The Kier molecular flexibility index (Phi) is 3.37. The number of aliphatic carboxylic acids is 1. The highest BCUT2D eigenvalue weighted by Crippen LogP contribution is 2.26. The quantitative estimate of drug-likeness (QED) is 0.904. The lowest BCUT2D eigenvalue weighted by Gasteiger charge is -2.09. The molecule has 0 aliphatic rings. The third kappa shape index (κ3) is 2.53. The van der Waals surface area contributed by atoms with Gasteiger partial charge in [-0.2, -0.15) is 0 Å². The predicted molar refractivity (Wildman–Crippen MR) is 65.7 cm³/mol. The molecule has 2 rings (SSSR count). The maximum absolute atomic E-state index is 13.7. The van der Waals surface area contributed by atoms with E-state index in [4.69, 9.17) is 5.11 Å². The topological polar surface area (TPSA) is 50.2 Å². The van der Waals surface area contributed by atoms with Crippen molar-refractivity contribution in [3.8, 4) is 11.1 Å². The molecule has 0 spiro atoms. The highest BCUT2D eigenvalue weighted by Gasteiger charge is 2.13. The summed E-state index contributed by atoms with van der Waals surface area (Å²) in [4.78, 5) is 14.9. The van der Waals surface area contributed by atoms with Crippen molar-refractivity contribution in [3.63, 3.8) is 0 Å². The van der Waals surface area contributed by atoms with Crippen molar-refractivity contribution in [1.29, 1.82) is 0 Å². The Balaban J connectivity index is 2.58. The molecule has 1 aromatic carbocycles. The molecular formula is C14H12FNO2. The van der Waals surface area contributed by atoms with E-state index in [1.807, 2.05) is 6.92 Å². The summed E-state index contributed by atoms with van der Waals surface area (Å²) in [6.07, 6.45) is 1.37. The van der Waals surface area contributed by atoms with Crippen LogP contribution in [0.4, 0.5) is 4.39 Å². The standard InChI is InChI=1S/C14H12FNO2/c1-9-6-11(10-4-2-3-5-12(10)15)13(16-8-9)7-14(17)18/h2-6,8H,7H2,1H3,(H,17,18). The van der Waals surface area contributed by atoms with Gasteiger partial charge >= 0.3 is 5.97 Å². The van der Waals surface area contributed by atoms with Crippen LogP contribution in [0.1, 0.15) is 11.3 Å². The molecular weight excluding hydrogens is 233 g/mol. The lowest BCUT2D eigenvalue weighted by atomic mass is 10.0. The number of nitrogens with zero attached hydrogens (tertiary/aromatic N) is 1. The predicted octanol–water partition coefficient (Wildman–Crippen LogP) is 2.82. The lowest BCUT2D eigenvalue weighted by molar-refractivity contribution is -0.136. The van der Waals surface area contributed by atoms with Gasteiger partial charge in [0.1, 0.15) is 5.82 Å². The molecule has 0 aliphatic carbocycles. The molecule has 0 fully saturated rings. The van der Waals surface area contributed by atoms with Gasteiger partial charge in [-0.25, -0.2) is 4.39 Å². The number of carboxylic acids is 1. The fourth-order valence-corrected chi connectivity index (χ4v) is 1.79. The van der Waals surface area contributed by atoms with E-state index < -0.39 is 5.97 Å². The second-order valence-electron chi connectivity index (χ2n) is 4.06. The van der Waals surface area contributed by atoms with Crippen LogP contribution < -0.4 is 0 Å². The summed E-state index contributed by atoms with van der Waals surface area (Å²) in [6, 6.07) is 8.03. The smallest absolute Gasteiger partial charge is 0.309 e. The molecule has 0 amide bonds. The molecule has 3 nitrogen and oxygen atoms in total. The van der Waals surface area contributed by atoms with Crippen molar-refractivity contribution in [2.24, 2.45) is 0 Å². The summed E-state index contributed by atoms with van der Waals surface area (Å²) in [5.74, 6) is -1.36. The van der Waals surface area contributed by atoms with E-state index in [2.05, 4.69) is 4.98 Å². The van der Waals surface area contributed by atoms with Crippen LogP contribution in [-0.4, -0.2) is 16.1 Å². The van der Waals surface area contributed by atoms with Crippen LogP contribution >= 0.6 is 0 Å². The fraction of sp³-hybridized carbons (Fsp3) is 0.143. The van der Waals surface area contributed by atoms with E-state index in [0.29, 0.717) is 16.8 Å². The van der Waals surface area contributed by atoms with Gasteiger partial charge in [-0.15, -0.1) is 0 Å². The normalized spacial score (nSPS) is 10.3. The number of aromatic nitrogens is 1. The first-order valence-corrected chi connectivity index (χ1v) is 5.50. The maximum Gasteiger partial charge on any atom is 0.309 e. The minimum atomic E-state index is -0.982. The number of aryl methyl sites for hydroxylation is 1. The van der Waals surface area contributed by atoms with Gasteiger partial charge in [-0.05, 0) is 24.6 Å². The SMILES string of the molecule is Cc1cnc(CC(=O)O)c(-c2ccccc2F)c1. The molecule has 0 bridgehead atoms. The highest BCUT2D eigenvalue weighted by atomic mass is 19.1. The third-order valence-corrected chi connectivity index (χ3v) is 2.59. The molecule has 4 heteroatoms. The van der Waals surface area contributed by atoms with Gasteiger partial charge in [0, 0.05) is 17.3 Å². The number of carboxylic acid groups (broad SMARTS) is 1. The Labute approximate surface area is 104 Å². The number of hydrogen-bond donors (Lipinski definition) is 1. The molecule has 0 aliphatic heterocycles. The van der Waals surface area contributed by atoms with Crippen LogP contribution in [-0.2, 0) is 11.2 Å². The lowest BCUT2D eigenvalue weighted by Crippen LogP contribution is -2.05. The summed E-state index contributed by atoms with van der Waals surface area (Å²) >= 11 is 0. The van der Waals surface area contributed by atoms with Crippen molar-refractivity contribution < 1.29 is 14.3 Å². The summed E-state index contributed by atoms with van der Waals surface area (Å²) in [5, 5.41) is 8.84. The van der Waals surface area contributed by atoms with Crippen molar-refractivity contribution in [3.05, 3.63) is 53.6 Å². The van der Waals surface area contributed by atoms with Crippen LogP contribution in [0.5, 0.6) is 0 Å². The average molecular weight is 245 g/mol. The Bertz CT molecular complexity index is 596. The summed E-state index contributed by atoms with van der Waals surface area (Å²) in [5.41, 5.74) is 2.15. The van der Waals surface area contributed by atoms with Gasteiger partial charge in [0.25, 0.3) is 0 Å². The molecule has 1 N–H and O–H groups in total. The van der Waals surface area contributed by atoms with Gasteiger partial charge < -0.3 is 5.11 Å². The van der Waals surface area contributed by atoms with Crippen molar-refractivity contribution in [2.45, 2.75) is 13.3 Å². The zero-order chi connectivity index (χ0) is 13.1. The minimum Gasteiger partial charge on any atom is -0.481 e. The Hall–Kier alpha value is -2.23. The molecule has 0 unspecified atom stereocenters. The Morgan fingerprint density at radius 1 is 1.33 bits per heavy atom. The molecule has 0 saturated carbocycles. The first-order valence-electron chi connectivity index (χ1n) is 5.50. The van der Waals surface area contributed by atoms with Gasteiger partial charge in [-0.1, -0.05) is 18.2 Å². The van der Waals surface area contributed by atoms with Gasteiger partial charge in [0.2, 0.25) is 0 Å². The summed E-state index contributed by atoms with van der Waals surface area (Å²) < 4.78 is 13.7. The van der Waals surface area contributed by atoms with Crippen LogP contribution in [0.2, 0.25) is 0 Å². The first-order chi connectivity index (χ1) is 8.58. The second-order valence-corrected chi connectivity index (χ2v) is 4.06. The van der Waals surface area contributed by atoms with E-state index in [0.717, 1.165) is 5.56 Å². The van der Waals surface area contributed by atoms with Crippen LogP contribution in [0.15, 0.2) is 36.5 Å². The number of rotatable bonds is 3. The fourth-order valence-electron chi connectivity index (χ4n) is 1.79. The largest absolute Gasteiger partial charge is 0.481 e. The number of hydrogen-bond acceptors (Lipinski definition) is 2. The van der Waals surface area contributed by atoms with Gasteiger partial charge in [0.05, 0.1) is 12.1 Å². The number of carbonyl (C=O) groups is 1. The van der Waals surface area contributed by atoms with E-state index in [9.17, 15) is 9.18 Å². The number of benzene rings is 1. The van der Waals surface area contributed by atoms with Crippen LogP contribution in [0.25, 0.3) is 11.1 Å². The average Bonchev–Trinajstić information content (AvgIpc) is 2.32. The molecule has 1 heterocycles. The second kappa shape index (κ2) is 4.96. The third-order valence-electron chi connectivity index (χ3n) is 2.59.